The molecule has 0 radical (unpaired) electrons. The zero-order chi connectivity index (χ0) is 21.0. The number of aryl methyl sites for hydroxylation is 2. The normalized spacial score (nSPS) is 10.6. The number of nitrogens with one attached hydrogen (secondary N) is 2. The molecule has 2 N–H and O–H groups in total. The van der Waals surface area contributed by atoms with Gasteiger partial charge in [0.15, 0.2) is 5.16 Å². The topological polar surface area (TPSA) is 104 Å². The summed E-state index contributed by atoms with van der Waals surface area (Å²) in [4.78, 5) is 32.1. The maximum atomic E-state index is 12.3. The van der Waals surface area contributed by atoms with Crippen LogP contribution in [0.2, 0.25) is 0 Å². The average Bonchev–Trinajstić information content (AvgIpc) is 3.08. The highest BCUT2D eigenvalue weighted by molar-refractivity contribution is 7.99. The summed E-state index contributed by atoms with van der Waals surface area (Å²) in [6.07, 6.45) is 4.34. The fourth-order valence-electron chi connectivity index (χ4n) is 3.04. The van der Waals surface area contributed by atoms with Gasteiger partial charge in [0, 0.05) is 42.1 Å². The van der Waals surface area contributed by atoms with Gasteiger partial charge in [0.25, 0.3) is 5.56 Å². The van der Waals surface area contributed by atoms with Gasteiger partial charge in [0.2, 0.25) is 5.91 Å². The minimum atomic E-state index is -0.390. The summed E-state index contributed by atoms with van der Waals surface area (Å²) >= 11 is 1.55. The number of pyridine rings is 1. The van der Waals surface area contributed by atoms with E-state index in [0.29, 0.717) is 23.4 Å². The van der Waals surface area contributed by atoms with Gasteiger partial charge in [-0.1, -0.05) is 11.8 Å². The van der Waals surface area contributed by atoms with Gasteiger partial charge in [-0.2, -0.15) is 5.26 Å². The summed E-state index contributed by atoms with van der Waals surface area (Å²) in [5.41, 5.74) is 2.59. The number of anilines is 1. The molecule has 3 aromatic rings. The summed E-state index contributed by atoms with van der Waals surface area (Å²) in [6.45, 7) is 3.52. The Labute approximate surface area is 172 Å². The van der Waals surface area contributed by atoms with Crippen LogP contribution in [0.15, 0.2) is 51.5 Å². The predicted octanol–water partition coefficient (Wildman–Crippen LogP) is 3.32. The van der Waals surface area contributed by atoms with Gasteiger partial charge in [0.05, 0.1) is 0 Å². The molecule has 0 saturated carbocycles. The zero-order valence-electron chi connectivity index (χ0n) is 16.4. The highest BCUT2D eigenvalue weighted by Gasteiger charge is 2.13. The van der Waals surface area contributed by atoms with Gasteiger partial charge in [-0.25, -0.2) is 4.98 Å². The Morgan fingerprint density at radius 2 is 2.03 bits per heavy atom. The SMILES string of the molecule is Cc1[nH]c(=O)c(C#N)c(C)c1CCC(=O)Nc1ccc(Sc2nccn2C)cc1. The van der Waals surface area contributed by atoms with Crippen LogP contribution in [0.25, 0.3) is 0 Å². The smallest absolute Gasteiger partial charge is 0.266 e. The van der Waals surface area contributed by atoms with Crippen molar-refractivity contribution in [3.63, 3.8) is 0 Å². The standard InChI is InChI=1S/C21H21N5O2S/c1-13-17(14(2)24-20(28)18(13)12-22)8-9-19(27)25-15-4-6-16(7-5-15)29-21-23-10-11-26(21)3/h4-7,10-11H,8-9H2,1-3H3,(H,24,28)(H,25,27). The second-order valence-corrected chi connectivity index (χ2v) is 7.71. The summed E-state index contributed by atoms with van der Waals surface area (Å²) < 4.78 is 1.94. The van der Waals surface area contributed by atoms with E-state index in [1.807, 2.05) is 48.1 Å². The van der Waals surface area contributed by atoms with Crippen molar-refractivity contribution in [1.29, 1.82) is 5.26 Å². The average molecular weight is 407 g/mol. The van der Waals surface area contributed by atoms with Gasteiger partial charge in [-0.15, -0.1) is 0 Å². The number of nitriles is 1. The fraction of sp³-hybridized carbons (Fsp3) is 0.238. The molecule has 1 aromatic carbocycles. The van der Waals surface area contributed by atoms with Crippen molar-refractivity contribution < 1.29 is 4.79 Å². The van der Waals surface area contributed by atoms with Crippen LogP contribution in [0, 0.1) is 25.2 Å². The molecule has 0 aliphatic rings. The maximum Gasteiger partial charge on any atom is 0.266 e. The first-order chi connectivity index (χ1) is 13.9. The molecule has 148 valence electrons. The van der Waals surface area contributed by atoms with Gasteiger partial charge < -0.3 is 14.9 Å². The summed E-state index contributed by atoms with van der Waals surface area (Å²) in [5.74, 6) is -0.127. The minimum absolute atomic E-state index is 0.104. The Kier molecular flexibility index (Phi) is 6.20. The molecule has 0 fully saturated rings. The molecular formula is C21H21N5O2S. The lowest BCUT2D eigenvalue weighted by atomic mass is 9.99. The molecule has 8 heteroatoms. The lowest BCUT2D eigenvalue weighted by Gasteiger charge is -2.11. The van der Waals surface area contributed by atoms with Crippen LogP contribution in [-0.2, 0) is 18.3 Å². The molecule has 1 amide bonds. The van der Waals surface area contributed by atoms with E-state index in [9.17, 15) is 9.59 Å². The molecule has 0 saturated heterocycles. The van der Waals surface area contributed by atoms with E-state index in [4.69, 9.17) is 5.26 Å². The molecule has 0 unspecified atom stereocenters. The minimum Gasteiger partial charge on any atom is -0.329 e. The van der Waals surface area contributed by atoms with Gasteiger partial charge in [-0.3, -0.25) is 9.59 Å². The van der Waals surface area contributed by atoms with E-state index in [1.165, 1.54) is 0 Å². The second kappa shape index (κ2) is 8.80. The van der Waals surface area contributed by atoms with Crippen LogP contribution in [-0.4, -0.2) is 20.4 Å². The number of aromatic nitrogens is 3. The number of aromatic amines is 1. The highest BCUT2D eigenvalue weighted by Crippen LogP contribution is 2.26. The first-order valence-electron chi connectivity index (χ1n) is 9.06. The van der Waals surface area contributed by atoms with E-state index in [-0.39, 0.29) is 23.5 Å². The number of H-pyrrole nitrogens is 1. The number of amides is 1. The highest BCUT2D eigenvalue weighted by atomic mass is 32.2. The van der Waals surface area contributed by atoms with Crippen molar-refractivity contribution in [3.05, 3.63) is 69.4 Å². The quantitative estimate of drug-likeness (QED) is 0.652. The van der Waals surface area contributed by atoms with Crippen LogP contribution in [0.5, 0.6) is 0 Å². The van der Waals surface area contributed by atoms with E-state index >= 15 is 0 Å². The summed E-state index contributed by atoms with van der Waals surface area (Å²) in [6, 6.07) is 9.51. The van der Waals surface area contributed by atoms with E-state index in [1.54, 1.807) is 31.8 Å². The predicted molar refractivity (Wildman–Crippen MR) is 112 cm³/mol. The summed E-state index contributed by atoms with van der Waals surface area (Å²) in [7, 11) is 1.94. The Morgan fingerprint density at radius 1 is 1.31 bits per heavy atom. The van der Waals surface area contributed by atoms with Crippen molar-refractivity contribution in [2.45, 2.75) is 36.7 Å². The first-order valence-corrected chi connectivity index (χ1v) is 9.88. The van der Waals surface area contributed by atoms with Crippen molar-refractivity contribution >= 4 is 23.4 Å². The van der Waals surface area contributed by atoms with Crippen molar-refractivity contribution in [1.82, 2.24) is 14.5 Å². The lowest BCUT2D eigenvalue weighted by molar-refractivity contribution is -0.116. The van der Waals surface area contributed by atoms with Crippen molar-refractivity contribution in [2.75, 3.05) is 5.32 Å². The summed E-state index contributed by atoms with van der Waals surface area (Å²) in [5, 5.41) is 12.9. The van der Waals surface area contributed by atoms with Crippen LogP contribution in [0.3, 0.4) is 0 Å². The molecule has 7 nitrogen and oxygen atoms in total. The Bertz CT molecular complexity index is 1140. The third-order valence-electron chi connectivity index (χ3n) is 4.65. The van der Waals surface area contributed by atoms with Crippen LogP contribution in [0.4, 0.5) is 5.69 Å². The number of carbonyl (C=O) groups excluding carboxylic acids is 1. The molecule has 3 rings (SSSR count). The number of hydrogen-bond acceptors (Lipinski definition) is 5. The zero-order valence-corrected chi connectivity index (χ0v) is 17.3. The number of nitrogens with zero attached hydrogens (tertiary/aromatic N) is 3. The molecule has 0 aliphatic carbocycles. The van der Waals surface area contributed by atoms with Crippen molar-refractivity contribution in [3.8, 4) is 6.07 Å². The third-order valence-corrected chi connectivity index (χ3v) is 5.73. The van der Waals surface area contributed by atoms with E-state index < -0.39 is 0 Å². The van der Waals surface area contributed by atoms with Crippen LogP contribution >= 0.6 is 11.8 Å². The molecule has 2 heterocycles. The van der Waals surface area contributed by atoms with Crippen LogP contribution < -0.4 is 10.9 Å². The largest absolute Gasteiger partial charge is 0.329 e. The molecule has 0 spiro atoms. The second-order valence-electron chi connectivity index (χ2n) is 6.66. The molecule has 29 heavy (non-hydrogen) atoms. The Morgan fingerprint density at radius 3 is 2.66 bits per heavy atom. The number of rotatable bonds is 6. The Balaban J connectivity index is 1.61. The molecule has 0 atom stereocenters. The molecule has 0 bridgehead atoms. The molecule has 0 aliphatic heterocycles. The number of carbonyl (C=O) groups is 1. The monoisotopic (exact) mass is 407 g/mol. The number of imidazole rings is 1. The fourth-order valence-corrected chi connectivity index (χ4v) is 3.85. The lowest BCUT2D eigenvalue weighted by Crippen LogP contribution is -2.18. The molecular weight excluding hydrogens is 386 g/mol. The number of hydrogen-bond donors (Lipinski definition) is 2. The van der Waals surface area contributed by atoms with Gasteiger partial charge in [0.1, 0.15) is 11.6 Å². The Hall–Kier alpha value is -3.31. The first kappa shape index (κ1) is 20.4. The van der Waals surface area contributed by atoms with Gasteiger partial charge in [-0.05, 0) is 55.7 Å². The van der Waals surface area contributed by atoms with Crippen molar-refractivity contribution in [2.24, 2.45) is 7.05 Å². The third kappa shape index (κ3) is 4.76. The van der Waals surface area contributed by atoms with Gasteiger partial charge >= 0.3 is 0 Å². The van der Waals surface area contributed by atoms with Crippen LogP contribution in [0.1, 0.15) is 28.8 Å². The van der Waals surface area contributed by atoms with E-state index in [2.05, 4.69) is 15.3 Å². The maximum absolute atomic E-state index is 12.3. The van der Waals surface area contributed by atoms with E-state index in [0.717, 1.165) is 15.6 Å². The number of benzene rings is 1. The molecule has 2 aromatic heterocycles.